The summed E-state index contributed by atoms with van der Waals surface area (Å²) >= 11 is 0. The van der Waals surface area contributed by atoms with E-state index in [0.717, 1.165) is 44.7 Å². The van der Waals surface area contributed by atoms with Crippen LogP contribution in [0, 0.1) is 0 Å². The second-order valence-corrected chi connectivity index (χ2v) is 10.8. The van der Waals surface area contributed by atoms with E-state index >= 15 is 0 Å². The van der Waals surface area contributed by atoms with Crippen molar-refractivity contribution in [2.24, 2.45) is 0 Å². The predicted molar refractivity (Wildman–Crippen MR) is 130 cm³/mol. The normalized spacial score (nSPS) is 20.0. The molecule has 2 aromatic rings. The van der Waals surface area contributed by atoms with Crippen molar-refractivity contribution in [2.45, 2.75) is 64.5 Å². The Hall–Kier alpha value is -2.17. The van der Waals surface area contributed by atoms with Crippen molar-refractivity contribution in [3.05, 3.63) is 69.8 Å². The number of amides is 1. The van der Waals surface area contributed by atoms with Crippen LogP contribution in [0.2, 0.25) is 0 Å². The van der Waals surface area contributed by atoms with Crippen molar-refractivity contribution in [2.75, 3.05) is 33.9 Å². The molecule has 2 atom stereocenters. The van der Waals surface area contributed by atoms with Crippen molar-refractivity contribution in [3.8, 4) is 0 Å². The van der Waals surface area contributed by atoms with Gasteiger partial charge in [0.15, 0.2) is 0 Å². The average molecular weight is 435 g/mol. The van der Waals surface area contributed by atoms with Crippen molar-refractivity contribution >= 4 is 5.91 Å². The number of benzene rings is 2. The molecular formula is C28H38N2O2. The monoisotopic (exact) mass is 434 g/mol. The number of rotatable bonds is 5. The van der Waals surface area contributed by atoms with E-state index < -0.39 is 0 Å². The van der Waals surface area contributed by atoms with Crippen LogP contribution in [0.3, 0.4) is 0 Å². The summed E-state index contributed by atoms with van der Waals surface area (Å²) in [4.78, 5) is 18.0. The molecule has 2 unspecified atom stereocenters. The highest BCUT2D eigenvalue weighted by molar-refractivity contribution is 5.97. The fraction of sp³-hybridized carbons (Fsp3) is 0.536. The lowest BCUT2D eigenvalue weighted by atomic mass is 9.81. The summed E-state index contributed by atoms with van der Waals surface area (Å²) in [5, 5.41) is 0. The lowest BCUT2D eigenvalue weighted by Crippen LogP contribution is -2.40. The maximum atomic E-state index is 13.7. The Morgan fingerprint density at radius 3 is 2.47 bits per heavy atom. The van der Waals surface area contributed by atoms with Gasteiger partial charge in [-0.3, -0.25) is 4.79 Å². The lowest BCUT2D eigenvalue weighted by molar-refractivity contribution is 0.0671. The largest absolute Gasteiger partial charge is 0.381 e. The van der Waals surface area contributed by atoms with E-state index in [1.54, 1.807) is 0 Å². The standard InChI is InChI=1S/C28H38N2O2/c1-19(20-7-9-21(10-8-20)22-12-14-32-18-22)30-13-11-25-23(17-29(5)6)15-24(28(2,3)4)16-26(25)27(30)31/h7-10,15-16,19,22H,11-14,17-18H2,1-6H3. The third-order valence-corrected chi connectivity index (χ3v) is 7.08. The van der Waals surface area contributed by atoms with Crippen LogP contribution in [0.25, 0.3) is 0 Å². The summed E-state index contributed by atoms with van der Waals surface area (Å²) < 4.78 is 5.54. The summed E-state index contributed by atoms with van der Waals surface area (Å²) in [6.07, 6.45) is 2.01. The Balaban J connectivity index is 1.62. The van der Waals surface area contributed by atoms with Crippen LogP contribution >= 0.6 is 0 Å². The summed E-state index contributed by atoms with van der Waals surface area (Å²) in [6, 6.07) is 13.4. The van der Waals surface area contributed by atoms with E-state index in [0.29, 0.717) is 5.92 Å². The molecule has 0 radical (unpaired) electrons. The Bertz CT molecular complexity index is 966. The molecule has 2 aliphatic heterocycles. The number of carbonyl (C=O) groups excluding carboxylic acids is 1. The molecule has 1 fully saturated rings. The van der Waals surface area contributed by atoms with Gasteiger partial charge in [-0.25, -0.2) is 0 Å². The topological polar surface area (TPSA) is 32.8 Å². The zero-order valence-corrected chi connectivity index (χ0v) is 20.6. The molecule has 0 aromatic heterocycles. The SMILES string of the molecule is CC(c1ccc(C2CCOC2)cc1)N1CCc2c(CN(C)C)cc(C(C)(C)C)cc2C1=O. The van der Waals surface area contributed by atoms with Crippen molar-refractivity contribution in [1.29, 1.82) is 0 Å². The highest BCUT2D eigenvalue weighted by Crippen LogP contribution is 2.34. The minimum Gasteiger partial charge on any atom is -0.381 e. The van der Waals surface area contributed by atoms with Gasteiger partial charge in [0, 0.05) is 31.2 Å². The van der Waals surface area contributed by atoms with Gasteiger partial charge >= 0.3 is 0 Å². The second kappa shape index (κ2) is 8.99. The minimum absolute atomic E-state index is 0.00402. The Morgan fingerprint density at radius 1 is 1.16 bits per heavy atom. The van der Waals surface area contributed by atoms with E-state index in [9.17, 15) is 4.79 Å². The number of carbonyl (C=O) groups is 1. The first kappa shape index (κ1) is 23.0. The maximum absolute atomic E-state index is 13.7. The Kier molecular flexibility index (Phi) is 6.46. The predicted octanol–water partition coefficient (Wildman–Crippen LogP) is 5.31. The molecule has 0 saturated carbocycles. The fourth-order valence-electron chi connectivity index (χ4n) is 5.01. The lowest BCUT2D eigenvalue weighted by Gasteiger charge is -2.36. The van der Waals surface area contributed by atoms with Gasteiger partial charge in [-0.2, -0.15) is 0 Å². The molecule has 2 aliphatic rings. The molecule has 172 valence electrons. The third-order valence-electron chi connectivity index (χ3n) is 7.08. The van der Waals surface area contributed by atoms with Gasteiger partial charge in [0.2, 0.25) is 0 Å². The number of nitrogens with zero attached hydrogens (tertiary/aromatic N) is 2. The second-order valence-electron chi connectivity index (χ2n) is 10.8. The average Bonchev–Trinajstić information content (AvgIpc) is 3.28. The number of fused-ring (bicyclic) bond motifs is 1. The molecule has 32 heavy (non-hydrogen) atoms. The smallest absolute Gasteiger partial charge is 0.254 e. The summed E-state index contributed by atoms with van der Waals surface area (Å²) in [6.45, 7) is 12.1. The van der Waals surface area contributed by atoms with Crippen LogP contribution in [0.15, 0.2) is 36.4 Å². The molecular weight excluding hydrogens is 396 g/mol. The van der Waals surface area contributed by atoms with Gasteiger partial charge in [0.1, 0.15) is 0 Å². The molecule has 4 nitrogen and oxygen atoms in total. The van der Waals surface area contributed by atoms with E-state index in [1.807, 2.05) is 0 Å². The fourth-order valence-corrected chi connectivity index (χ4v) is 5.01. The van der Waals surface area contributed by atoms with Crippen molar-refractivity contribution in [3.63, 3.8) is 0 Å². The van der Waals surface area contributed by atoms with E-state index in [-0.39, 0.29) is 17.4 Å². The van der Waals surface area contributed by atoms with Gasteiger partial charge in [0.25, 0.3) is 5.91 Å². The van der Waals surface area contributed by atoms with Gasteiger partial charge in [-0.15, -0.1) is 0 Å². The van der Waals surface area contributed by atoms with Gasteiger partial charge in [0.05, 0.1) is 12.6 Å². The number of hydrogen-bond donors (Lipinski definition) is 0. The van der Waals surface area contributed by atoms with E-state index in [2.05, 4.69) is 88.0 Å². The quantitative estimate of drug-likeness (QED) is 0.639. The summed E-state index contributed by atoms with van der Waals surface area (Å²) in [7, 11) is 4.19. The van der Waals surface area contributed by atoms with E-state index in [4.69, 9.17) is 4.74 Å². The van der Waals surface area contributed by atoms with Crippen LogP contribution in [0.4, 0.5) is 0 Å². The number of ether oxygens (including phenoxy) is 1. The minimum atomic E-state index is 0.00402. The molecule has 1 saturated heterocycles. The molecule has 1 amide bonds. The van der Waals surface area contributed by atoms with Crippen LogP contribution in [-0.2, 0) is 23.1 Å². The molecule has 0 spiro atoms. The molecule has 4 heteroatoms. The van der Waals surface area contributed by atoms with Crippen LogP contribution < -0.4 is 0 Å². The first-order chi connectivity index (χ1) is 15.1. The van der Waals surface area contributed by atoms with Crippen molar-refractivity contribution < 1.29 is 9.53 Å². The zero-order chi connectivity index (χ0) is 23.0. The highest BCUT2D eigenvalue weighted by Gasteiger charge is 2.32. The first-order valence-electron chi connectivity index (χ1n) is 11.9. The Labute approximate surface area is 193 Å². The van der Waals surface area contributed by atoms with Crippen LogP contribution in [0.1, 0.15) is 84.3 Å². The molecule has 4 rings (SSSR count). The molecule has 0 bridgehead atoms. The van der Waals surface area contributed by atoms with Gasteiger partial charge < -0.3 is 14.5 Å². The maximum Gasteiger partial charge on any atom is 0.254 e. The highest BCUT2D eigenvalue weighted by atomic mass is 16.5. The Morgan fingerprint density at radius 2 is 1.88 bits per heavy atom. The molecule has 0 aliphatic carbocycles. The zero-order valence-electron chi connectivity index (χ0n) is 20.6. The van der Waals surface area contributed by atoms with Gasteiger partial charge in [-0.05, 0) is 73.2 Å². The van der Waals surface area contributed by atoms with Crippen LogP contribution in [0.5, 0.6) is 0 Å². The van der Waals surface area contributed by atoms with Gasteiger partial charge in [-0.1, -0.05) is 51.1 Å². The summed E-state index contributed by atoms with van der Waals surface area (Å²) in [5.41, 5.74) is 7.20. The van der Waals surface area contributed by atoms with E-state index in [1.165, 1.54) is 27.8 Å². The van der Waals surface area contributed by atoms with Crippen molar-refractivity contribution in [1.82, 2.24) is 9.80 Å². The third kappa shape index (κ3) is 4.62. The molecule has 2 heterocycles. The molecule has 2 aromatic carbocycles. The van der Waals surface area contributed by atoms with Crippen LogP contribution in [-0.4, -0.2) is 49.6 Å². The number of hydrogen-bond acceptors (Lipinski definition) is 3. The summed E-state index contributed by atoms with van der Waals surface area (Å²) in [5.74, 6) is 0.673. The first-order valence-corrected chi connectivity index (χ1v) is 11.9. The molecule has 0 N–H and O–H groups in total.